The third-order valence-corrected chi connectivity index (χ3v) is 3.50. The zero-order valence-corrected chi connectivity index (χ0v) is 11.2. The predicted molar refractivity (Wildman–Crippen MR) is 66.8 cm³/mol. The molecule has 0 aliphatic carbocycles. The molecule has 0 spiro atoms. The first kappa shape index (κ1) is 13.5. The minimum Gasteiger partial charge on any atom is -0.463 e. The molecule has 0 radical (unpaired) electrons. The van der Waals surface area contributed by atoms with Crippen molar-refractivity contribution in [3.63, 3.8) is 0 Å². The molecule has 1 saturated heterocycles. The van der Waals surface area contributed by atoms with Crippen LogP contribution in [0, 0.1) is 0 Å². The highest BCUT2D eigenvalue weighted by molar-refractivity contribution is 8.14. The van der Waals surface area contributed by atoms with Crippen molar-refractivity contribution in [1.82, 2.24) is 15.2 Å². The number of methoxy groups -OCH3 is 1. The normalized spacial score (nSPS) is 18.7. The van der Waals surface area contributed by atoms with E-state index in [1.807, 2.05) is 0 Å². The highest BCUT2D eigenvalue weighted by atomic mass is 32.2. The fraction of sp³-hybridized carbons (Fsp3) is 0.500. The van der Waals surface area contributed by atoms with Crippen molar-refractivity contribution in [2.24, 2.45) is 0 Å². The van der Waals surface area contributed by atoms with Gasteiger partial charge in [-0.15, -0.1) is 5.10 Å². The van der Waals surface area contributed by atoms with Gasteiger partial charge in [0.15, 0.2) is 5.12 Å². The zero-order valence-electron chi connectivity index (χ0n) is 10.4. The number of hydrogen-bond donors (Lipinski definition) is 1. The fourth-order valence-corrected chi connectivity index (χ4v) is 2.66. The lowest BCUT2D eigenvalue weighted by molar-refractivity contribution is -0.117. The number of ether oxygens (including phenoxy) is 1. The van der Waals surface area contributed by atoms with Gasteiger partial charge in [-0.25, -0.2) is 4.79 Å². The number of anilines is 1. The van der Waals surface area contributed by atoms with Crippen LogP contribution in [-0.2, 0) is 14.3 Å². The lowest BCUT2D eigenvalue weighted by Gasteiger charge is -2.10. The maximum atomic E-state index is 11.8. The molecule has 1 aromatic rings. The van der Waals surface area contributed by atoms with E-state index in [2.05, 4.69) is 19.9 Å². The standard InChI is InChI=1S/C10H12N4O4S/c1-5(15)19-6-3-7(16)14(4-6)10-11-8(12-13-10)9(17)18-2/h6H,3-4H2,1-2H3,(H,11,12,13). The topological polar surface area (TPSA) is 105 Å². The Morgan fingerprint density at radius 1 is 1.53 bits per heavy atom. The van der Waals surface area contributed by atoms with E-state index in [0.717, 1.165) is 11.8 Å². The van der Waals surface area contributed by atoms with Gasteiger partial charge in [0.25, 0.3) is 5.95 Å². The summed E-state index contributed by atoms with van der Waals surface area (Å²) in [6, 6.07) is 0. The van der Waals surface area contributed by atoms with E-state index >= 15 is 0 Å². The molecule has 1 aliphatic rings. The molecule has 0 bridgehead atoms. The Balaban J connectivity index is 2.10. The molecule has 102 valence electrons. The van der Waals surface area contributed by atoms with Crippen molar-refractivity contribution in [1.29, 1.82) is 0 Å². The molecule has 9 heteroatoms. The number of aromatic nitrogens is 3. The highest BCUT2D eigenvalue weighted by Crippen LogP contribution is 2.26. The monoisotopic (exact) mass is 284 g/mol. The second kappa shape index (κ2) is 5.39. The summed E-state index contributed by atoms with van der Waals surface area (Å²) in [5, 5.41) is 6.07. The van der Waals surface area contributed by atoms with Crippen molar-refractivity contribution < 1.29 is 19.1 Å². The first-order chi connectivity index (χ1) is 9.01. The summed E-state index contributed by atoms with van der Waals surface area (Å²) in [5.74, 6) is -0.765. The number of esters is 1. The lowest BCUT2D eigenvalue weighted by Crippen LogP contribution is -2.26. The van der Waals surface area contributed by atoms with Crippen LogP contribution >= 0.6 is 11.8 Å². The summed E-state index contributed by atoms with van der Waals surface area (Å²) in [6.07, 6.45) is 0.256. The second-order valence-corrected chi connectivity index (χ2v) is 5.39. The molecule has 1 N–H and O–H groups in total. The Labute approximate surface area is 112 Å². The number of hydrogen-bond acceptors (Lipinski definition) is 7. The Morgan fingerprint density at radius 3 is 2.89 bits per heavy atom. The number of carbonyl (C=O) groups is 3. The summed E-state index contributed by atoms with van der Waals surface area (Å²) in [7, 11) is 1.23. The van der Waals surface area contributed by atoms with Crippen LogP contribution in [0.25, 0.3) is 0 Å². The van der Waals surface area contributed by atoms with E-state index in [-0.39, 0.29) is 34.5 Å². The number of rotatable bonds is 3. The SMILES string of the molecule is COC(=O)c1nc(N2CC(SC(C)=O)CC2=O)n[nH]1. The van der Waals surface area contributed by atoms with E-state index in [0.29, 0.717) is 6.54 Å². The van der Waals surface area contributed by atoms with Gasteiger partial charge >= 0.3 is 5.97 Å². The van der Waals surface area contributed by atoms with E-state index < -0.39 is 5.97 Å². The van der Waals surface area contributed by atoms with Gasteiger partial charge < -0.3 is 4.74 Å². The van der Waals surface area contributed by atoms with Gasteiger partial charge in [0.1, 0.15) is 0 Å². The minimum absolute atomic E-state index is 0.0371. The predicted octanol–water partition coefficient (Wildman–Crippen LogP) is -0.0237. The molecule has 0 saturated carbocycles. The van der Waals surface area contributed by atoms with Crippen LogP contribution in [0.5, 0.6) is 0 Å². The molecule has 1 unspecified atom stereocenters. The Bertz CT molecular complexity index is 529. The zero-order chi connectivity index (χ0) is 14.0. The summed E-state index contributed by atoms with van der Waals surface area (Å²) < 4.78 is 4.49. The Morgan fingerprint density at radius 2 is 2.26 bits per heavy atom. The lowest BCUT2D eigenvalue weighted by atomic mass is 10.4. The first-order valence-corrected chi connectivity index (χ1v) is 6.37. The van der Waals surface area contributed by atoms with Crippen molar-refractivity contribution in [3.05, 3.63) is 5.82 Å². The summed E-state index contributed by atoms with van der Waals surface area (Å²) in [5.41, 5.74) is 0. The Kier molecular flexibility index (Phi) is 3.84. The van der Waals surface area contributed by atoms with Crippen LogP contribution in [0.3, 0.4) is 0 Å². The molecule has 1 amide bonds. The number of thioether (sulfide) groups is 1. The van der Waals surface area contributed by atoms with Crippen molar-refractivity contribution in [3.8, 4) is 0 Å². The van der Waals surface area contributed by atoms with Crippen molar-refractivity contribution in [2.75, 3.05) is 18.6 Å². The minimum atomic E-state index is -0.653. The van der Waals surface area contributed by atoms with Crippen LogP contribution in [0.1, 0.15) is 24.0 Å². The molecule has 2 heterocycles. The third kappa shape index (κ3) is 2.92. The number of amides is 1. The van der Waals surface area contributed by atoms with Crippen LogP contribution in [-0.4, -0.2) is 51.1 Å². The van der Waals surface area contributed by atoms with E-state index in [9.17, 15) is 14.4 Å². The van der Waals surface area contributed by atoms with Crippen LogP contribution < -0.4 is 4.90 Å². The average molecular weight is 284 g/mol. The van der Waals surface area contributed by atoms with Crippen molar-refractivity contribution in [2.45, 2.75) is 18.6 Å². The van der Waals surface area contributed by atoms with Gasteiger partial charge in [-0.3, -0.25) is 19.6 Å². The van der Waals surface area contributed by atoms with Gasteiger partial charge in [-0.2, -0.15) is 4.98 Å². The Hall–Kier alpha value is -1.90. The maximum Gasteiger partial charge on any atom is 0.375 e. The van der Waals surface area contributed by atoms with E-state index in [1.165, 1.54) is 18.9 Å². The fourth-order valence-electron chi connectivity index (χ4n) is 1.74. The van der Waals surface area contributed by atoms with Crippen LogP contribution in [0.15, 0.2) is 0 Å². The molecule has 1 aliphatic heterocycles. The van der Waals surface area contributed by atoms with Gasteiger partial charge in [0.2, 0.25) is 11.7 Å². The van der Waals surface area contributed by atoms with Gasteiger partial charge in [0.05, 0.1) is 7.11 Å². The summed E-state index contributed by atoms with van der Waals surface area (Å²) in [4.78, 5) is 39.3. The molecule has 1 atom stereocenters. The largest absolute Gasteiger partial charge is 0.463 e. The molecule has 1 fully saturated rings. The summed E-state index contributed by atoms with van der Waals surface area (Å²) in [6.45, 7) is 1.81. The number of carbonyl (C=O) groups excluding carboxylic acids is 3. The first-order valence-electron chi connectivity index (χ1n) is 5.49. The molecule has 2 rings (SSSR count). The third-order valence-electron chi connectivity index (χ3n) is 2.52. The van der Waals surface area contributed by atoms with Gasteiger partial charge in [-0.05, 0) is 0 Å². The quantitative estimate of drug-likeness (QED) is 0.777. The smallest absolute Gasteiger partial charge is 0.375 e. The highest BCUT2D eigenvalue weighted by Gasteiger charge is 2.34. The molecular formula is C10H12N4O4S. The summed E-state index contributed by atoms with van der Waals surface area (Å²) >= 11 is 1.12. The molecule has 19 heavy (non-hydrogen) atoms. The van der Waals surface area contributed by atoms with Crippen LogP contribution in [0.4, 0.5) is 5.95 Å². The average Bonchev–Trinajstić information content (AvgIpc) is 2.94. The van der Waals surface area contributed by atoms with Crippen LogP contribution in [0.2, 0.25) is 0 Å². The number of nitrogens with zero attached hydrogens (tertiary/aromatic N) is 3. The van der Waals surface area contributed by atoms with Gasteiger partial charge in [-0.1, -0.05) is 11.8 Å². The number of nitrogens with one attached hydrogen (secondary N) is 1. The van der Waals surface area contributed by atoms with Gasteiger partial charge in [0, 0.05) is 25.1 Å². The van der Waals surface area contributed by atoms with Crippen molar-refractivity contribution >= 4 is 34.7 Å². The molecule has 1 aromatic heterocycles. The van der Waals surface area contributed by atoms with E-state index in [1.54, 1.807) is 0 Å². The molecule has 0 aromatic carbocycles. The second-order valence-electron chi connectivity index (χ2n) is 3.92. The van der Waals surface area contributed by atoms with E-state index in [4.69, 9.17) is 0 Å². The molecule has 8 nitrogen and oxygen atoms in total. The molecular weight excluding hydrogens is 272 g/mol. The number of aromatic amines is 1. The number of H-pyrrole nitrogens is 1. The maximum absolute atomic E-state index is 11.8.